The number of rotatable bonds is 15. The van der Waals surface area contributed by atoms with Crippen LogP contribution in [0.25, 0.3) is 0 Å². The summed E-state index contributed by atoms with van der Waals surface area (Å²) in [5.41, 5.74) is -0.0281. The van der Waals surface area contributed by atoms with Gasteiger partial charge in [-0.2, -0.15) is 0 Å². The highest BCUT2D eigenvalue weighted by molar-refractivity contribution is 5.93. The maximum absolute atomic E-state index is 12.0. The largest absolute Gasteiger partial charge is 0.543 e. The third kappa shape index (κ3) is 10.1. The number of methoxy groups -OCH3 is 4. The van der Waals surface area contributed by atoms with Gasteiger partial charge in [0, 0.05) is 12.1 Å². The molecule has 0 saturated carbocycles. The normalized spacial score (nSPS) is 10.0. The Bertz CT molecular complexity index is 1060. The van der Waals surface area contributed by atoms with Crippen molar-refractivity contribution in [1.82, 2.24) is 0 Å². The molecule has 218 valence electrons. The van der Waals surface area contributed by atoms with Crippen molar-refractivity contribution in [3.63, 3.8) is 0 Å². The van der Waals surface area contributed by atoms with Crippen LogP contribution in [0.15, 0.2) is 36.4 Å². The Morgan fingerprint density at radius 2 is 0.950 bits per heavy atom. The van der Waals surface area contributed by atoms with E-state index in [9.17, 15) is 19.2 Å². The van der Waals surface area contributed by atoms with Crippen LogP contribution in [0.5, 0.6) is 23.0 Å². The maximum Gasteiger partial charge on any atom is 0.543 e. The van der Waals surface area contributed by atoms with Crippen molar-refractivity contribution in [1.29, 1.82) is 0 Å². The van der Waals surface area contributed by atoms with E-state index in [1.807, 2.05) is 0 Å². The molecule has 0 fully saturated rings. The van der Waals surface area contributed by atoms with Crippen LogP contribution >= 0.6 is 0 Å². The van der Waals surface area contributed by atoms with E-state index in [-0.39, 0.29) is 48.7 Å². The van der Waals surface area contributed by atoms with E-state index in [1.54, 1.807) is 0 Å². The summed E-state index contributed by atoms with van der Waals surface area (Å²) < 4.78 is 29.5. The van der Waals surface area contributed by atoms with E-state index in [1.165, 1.54) is 64.8 Å². The minimum absolute atomic E-state index is 0.0140. The van der Waals surface area contributed by atoms with E-state index >= 15 is 0 Å². The highest BCUT2D eigenvalue weighted by Gasteiger charge is 2.19. The molecule has 2 aromatic rings. The molecule has 0 amide bonds. The lowest BCUT2D eigenvalue weighted by atomic mass is 10.2. The predicted molar refractivity (Wildman–Crippen MR) is 126 cm³/mol. The van der Waals surface area contributed by atoms with E-state index in [0.29, 0.717) is 11.5 Å². The van der Waals surface area contributed by atoms with E-state index in [0.717, 1.165) is 0 Å². The Morgan fingerprint density at radius 1 is 0.550 bits per heavy atom. The zero-order valence-corrected chi connectivity index (χ0v) is 21.8. The van der Waals surface area contributed by atoms with Gasteiger partial charge < -0.3 is 28.4 Å². The van der Waals surface area contributed by atoms with Crippen LogP contribution in [0.4, 0.5) is 9.59 Å². The van der Waals surface area contributed by atoms with Crippen molar-refractivity contribution >= 4 is 24.2 Å². The van der Waals surface area contributed by atoms with Crippen molar-refractivity contribution in [2.75, 3.05) is 41.7 Å². The summed E-state index contributed by atoms with van der Waals surface area (Å²) in [4.78, 5) is 64.1. The lowest BCUT2D eigenvalue weighted by Crippen LogP contribution is -2.14. The molecule has 0 aliphatic heterocycles. The summed E-state index contributed by atoms with van der Waals surface area (Å²) in [6.45, 7) is -0.308. The van der Waals surface area contributed by atoms with E-state index < -0.39 is 24.2 Å². The Balaban J connectivity index is 1.54. The van der Waals surface area contributed by atoms with Gasteiger partial charge in [0.15, 0.2) is 0 Å². The van der Waals surface area contributed by atoms with Gasteiger partial charge in [-0.05, 0) is 37.1 Å². The van der Waals surface area contributed by atoms with E-state index in [4.69, 9.17) is 18.9 Å². The SMILES string of the molecule is COc1ccc(C(=O)OOOC(=O)OCCCCOC(=O)OOOC(=O)c2ccc(OC)cc2OC)c(OC)c1. The van der Waals surface area contributed by atoms with Gasteiger partial charge in [-0.15, -0.1) is 0 Å². The third-order valence-electron chi connectivity index (χ3n) is 4.66. The first-order valence-electron chi connectivity index (χ1n) is 11.2. The molecule has 0 saturated heterocycles. The standard InChI is InChI=1S/C24H26O16/c1-29-15-7-9-17(19(13-15)31-3)21(25)35-39-37-23(27)33-11-5-6-12-34-24(28)38-40-36-22(26)18-10-8-16(30-2)14-20(18)32-4/h7-10,13-14H,5-6,11-12H2,1-4H3. The second-order valence-corrected chi connectivity index (χ2v) is 7.08. The molecule has 0 radical (unpaired) electrons. The number of carbonyl (C=O) groups is 4. The first-order chi connectivity index (χ1) is 19.3. The average Bonchev–Trinajstić information content (AvgIpc) is 2.97. The Labute approximate surface area is 227 Å². The molecule has 0 heterocycles. The summed E-state index contributed by atoms with van der Waals surface area (Å²) in [6, 6.07) is 8.58. The fourth-order valence-corrected chi connectivity index (χ4v) is 2.74. The summed E-state index contributed by atoms with van der Waals surface area (Å²) >= 11 is 0. The smallest absolute Gasteiger partial charge is 0.497 e. The zero-order valence-electron chi connectivity index (χ0n) is 21.8. The molecule has 0 aliphatic rings. The zero-order chi connectivity index (χ0) is 29.3. The summed E-state index contributed by atoms with van der Waals surface area (Å²) in [5, 5.41) is 8.25. The summed E-state index contributed by atoms with van der Waals surface area (Å²) in [6.07, 6.45) is -2.12. The monoisotopic (exact) mass is 570 g/mol. The average molecular weight is 570 g/mol. The molecule has 16 heteroatoms. The molecule has 0 aliphatic carbocycles. The second kappa shape index (κ2) is 16.8. The molecular weight excluding hydrogens is 544 g/mol. The molecule has 40 heavy (non-hydrogen) atoms. The van der Waals surface area contributed by atoms with Crippen LogP contribution in [0.3, 0.4) is 0 Å². The van der Waals surface area contributed by atoms with Crippen LogP contribution in [0.2, 0.25) is 0 Å². The number of carbonyl (C=O) groups excluding carboxylic acids is 4. The lowest BCUT2D eigenvalue weighted by Gasteiger charge is -2.09. The van der Waals surface area contributed by atoms with Gasteiger partial charge in [0.25, 0.3) is 0 Å². The molecular formula is C24H26O16. The predicted octanol–water partition coefficient (Wildman–Crippen LogP) is 3.51. The molecule has 0 spiro atoms. The van der Waals surface area contributed by atoms with Gasteiger partial charge in [0.2, 0.25) is 0 Å². The molecule has 2 aromatic carbocycles. The van der Waals surface area contributed by atoms with E-state index in [2.05, 4.69) is 39.1 Å². The van der Waals surface area contributed by atoms with Crippen LogP contribution in [-0.2, 0) is 39.1 Å². The van der Waals surface area contributed by atoms with Crippen molar-refractivity contribution < 1.29 is 77.2 Å². The fraction of sp³-hybridized carbons (Fsp3) is 0.333. The van der Waals surface area contributed by atoms with Gasteiger partial charge in [0.1, 0.15) is 34.1 Å². The maximum atomic E-state index is 12.0. The second-order valence-electron chi connectivity index (χ2n) is 7.08. The number of hydrogen-bond donors (Lipinski definition) is 0. The van der Waals surface area contributed by atoms with Crippen LogP contribution in [0, 0.1) is 0 Å². The number of hydrogen-bond acceptors (Lipinski definition) is 16. The van der Waals surface area contributed by atoms with Gasteiger partial charge in [-0.25, -0.2) is 29.0 Å². The minimum Gasteiger partial charge on any atom is -0.497 e. The first kappa shape index (κ1) is 31.3. The number of unbranched alkanes of at least 4 members (excludes halogenated alkanes) is 1. The molecule has 0 N–H and O–H groups in total. The Kier molecular flexibility index (Phi) is 13.1. The first-order valence-corrected chi connectivity index (χ1v) is 11.2. The summed E-state index contributed by atoms with van der Waals surface area (Å²) in [5.74, 6) is -0.840. The Morgan fingerprint density at radius 3 is 1.30 bits per heavy atom. The van der Waals surface area contributed by atoms with Gasteiger partial charge >= 0.3 is 24.2 Å². The van der Waals surface area contributed by atoms with Crippen molar-refractivity contribution in [3.05, 3.63) is 47.5 Å². The number of ether oxygens (including phenoxy) is 6. The van der Waals surface area contributed by atoms with Gasteiger partial charge in [0.05, 0.1) is 51.7 Å². The third-order valence-corrected chi connectivity index (χ3v) is 4.66. The summed E-state index contributed by atoms with van der Waals surface area (Å²) in [7, 11) is 5.55. The molecule has 16 nitrogen and oxygen atoms in total. The van der Waals surface area contributed by atoms with Crippen LogP contribution in [-0.4, -0.2) is 65.9 Å². The molecule has 0 atom stereocenters. The number of benzene rings is 2. The minimum atomic E-state index is -1.29. The quantitative estimate of drug-likeness (QED) is 0.131. The van der Waals surface area contributed by atoms with Crippen molar-refractivity contribution in [3.8, 4) is 23.0 Å². The van der Waals surface area contributed by atoms with Crippen molar-refractivity contribution in [2.24, 2.45) is 0 Å². The molecule has 2 rings (SSSR count). The molecule has 0 bridgehead atoms. The Hall–Kier alpha value is -4.96. The van der Waals surface area contributed by atoms with Crippen LogP contribution in [0.1, 0.15) is 33.6 Å². The van der Waals surface area contributed by atoms with Gasteiger partial charge in [-0.3, -0.25) is 9.78 Å². The topological polar surface area (TPSA) is 179 Å². The molecule has 0 unspecified atom stereocenters. The van der Waals surface area contributed by atoms with Gasteiger partial charge in [-0.1, -0.05) is 0 Å². The van der Waals surface area contributed by atoms with Crippen LogP contribution < -0.4 is 18.9 Å². The fourth-order valence-electron chi connectivity index (χ4n) is 2.74. The highest BCUT2D eigenvalue weighted by atomic mass is 17.5. The highest BCUT2D eigenvalue weighted by Crippen LogP contribution is 2.26. The lowest BCUT2D eigenvalue weighted by molar-refractivity contribution is -0.452. The van der Waals surface area contributed by atoms with Crippen molar-refractivity contribution in [2.45, 2.75) is 12.8 Å². The molecule has 0 aromatic heterocycles.